The molecule has 2 unspecified atom stereocenters. The molecule has 112 valence electrons. The normalized spacial score (nSPS) is 23.3. The van der Waals surface area contributed by atoms with Gasteiger partial charge in [0.05, 0.1) is 6.04 Å². The molecule has 0 aliphatic carbocycles. The van der Waals surface area contributed by atoms with Gasteiger partial charge < -0.3 is 4.90 Å². The SMILES string of the molecule is CC(C)CCN1C(=O)C(CC(C)C)NC1c1cccs1. The van der Waals surface area contributed by atoms with Gasteiger partial charge in [0.15, 0.2) is 0 Å². The molecule has 0 spiro atoms. The summed E-state index contributed by atoms with van der Waals surface area (Å²) in [6.07, 6.45) is 2.05. The molecule has 1 aromatic heterocycles. The van der Waals surface area contributed by atoms with E-state index in [1.807, 2.05) is 4.90 Å². The summed E-state index contributed by atoms with van der Waals surface area (Å²) in [5.74, 6) is 1.43. The van der Waals surface area contributed by atoms with Crippen LogP contribution in [0.1, 0.15) is 51.6 Å². The van der Waals surface area contributed by atoms with Crippen molar-refractivity contribution < 1.29 is 4.79 Å². The number of nitrogens with one attached hydrogen (secondary N) is 1. The number of nitrogens with zero attached hydrogens (tertiary/aromatic N) is 1. The van der Waals surface area contributed by atoms with E-state index in [9.17, 15) is 4.79 Å². The van der Waals surface area contributed by atoms with Gasteiger partial charge in [0.1, 0.15) is 6.17 Å². The minimum Gasteiger partial charge on any atom is -0.321 e. The number of carbonyl (C=O) groups excluding carboxylic acids is 1. The van der Waals surface area contributed by atoms with E-state index in [2.05, 4.69) is 50.5 Å². The zero-order valence-corrected chi connectivity index (χ0v) is 13.7. The van der Waals surface area contributed by atoms with E-state index in [1.165, 1.54) is 4.88 Å². The molecular weight excluding hydrogens is 268 g/mol. The van der Waals surface area contributed by atoms with E-state index in [4.69, 9.17) is 0 Å². The quantitative estimate of drug-likeness (QED) is 0.869. The maximum absolute atomic E-state index is 12.6. The molecule has 3 nitrogen and oxygen atoms in total. The van der Waals surface area contributed by atoms with Crippen LogP contribution in [-0.4, -0.2) is 23.4 Å². The highest BCUT2D eigenvalue weighted by Crippen LogP contribution is 2.30. The van der Waals surface area contributed by atoms with Gasteiger partial charge in [-0.15, -0.1) is 11.3 Å². The maximum atomic E-state index is 12.6. The first-order valence-corrected chi connectivity index (χ1v) is 8.47. The van der Waals surface area contributed by atoms with Crippen molar-refractivity contribution in [1.29, 1.82) is 0 Å². The first kappa shape index (κ1) is 15.5. The number of carbonyl (C=O) groups is 1. The third-order valence-corrected chi connectivity index (χ3v) is 4.64. The van der Waals surface area contributed by atoms with Crippen LogP contribution in [0.25, 0.3) is 0 Å². The molecule has 1 aliphatic heterocycles. The van der Waals surface area contributed by atoms with Crippen LogP contribution in [0.5, 0.6) is 0 Å². The highest BCUT2D eigenvalue weighted by atomic mass is 32.1. The second-order valence-electron chi connectivity index (χ2n) is 6.48. The average Bonchev–Trinajstić information content (AvgIpc) is 2.96. The van der Waals surface area contributed by atoms with Crippen molar-refractivity contribution in [3.8, 4) is 0 Å². The molecule has 20 heavy (non-hydrogen) atoms. The Hall–Kier alpha value is -0.870. The lowest BCUT2D eigenvalue weighted by atomic mass is 10.0. The van der Waals surface area contributed by atoms with Crippen molar-refractivity contribution in [3.05, 3.63) is 22.4 Å². The summed E-state index contributed by atoms with van der Waals surface area (Å²) in [6.45, 7) is 9.61. The summed E-state index contributed by atoms with van der Waals surface area (Å²) >= 11 is 1.72. The smallest absolute Gasteiger partial charge is 0.241 e. The van der Waals surface area contributed by atoms with Crippen LogP contribution < -0.4 is 5.32 Å². The van der Waals surface area contributed by atoms with E-state index >= 15 is 0 Å². The molecule has 2 heterocycles. The Balaban J connectivity index is 2.12. The van der Waals surface area contributed by atoms with Gasteiger partial charge in [0.2, 0.25) is 5.91 Å². The van der Waals surface area contributed by atoms with E-state index < -0.39 is 0 Å². The molecule has 1 N–H and O–H groups in total. The van der Waals surface area contributed by atoms with Gasteiger partial charge in [-0.1, -0.05) is 33.8 Å². The van der Waals surface area contributed by atoms with Gasteiger partial charge in [-0.2, -0.15) is 0 Å². The maximum Gasteiger partial charge on any atom is 0.241 e. The number of rotatable bonds is 6. The first-order valence-electron chi connectivity index (χ1n) is 7.59. The van der Waals surface area contributed by atoms with E-state index in [1.54, 1.807) is 11.3 Å². The van der Waals surface area contributed by atoms with Gasteiger partial charge in [-0.25, -0.2) is 0 Å². The lowest BCUT2D eigenvalue weighted by Gasteiger charge is -2.24. The Kier molecular flexibility index (Phi) is 5.22. The summed E-state index contributed by atoms with van der Waals surface area (Å²) in [5, 5.41) is 5.62. The number of hydrogen-bond donors (Lipinski definition) is 1. The number of thiophene rings is 1. The van der Waals surface area contributed by atoms with Crippen LogP contribution in [0.3, 0.4) is 0 Å². The summed E-state index contributed by atoms with van der Waals surface area (Å²) in [6, 6.07) is 4.16. The van der Waals surface area contributed by atoms with Crippen molar-refractivity contribution in [2.45, 2.75) is 52.7 Å². The summed E-state index contributed by atoms with van der Waals surface area (Å²) in [5.41, 5.74) is 0. The van der Waals surface area contributed by atoms with E-state index in [0.717, 1.165) is 19.4 Å². The lowest BCUT2D eigenvalue weighted by Crippen LogP contribution is -2.32. The van der Waals surface area contributed by atoms with Gasteiger partial charge in [0, 0.05) is 11.4 Å². The topological polar surface area (TPSA) is 32.3 Å². The highest BCUT2D eigenvalue weighted by Gasteiger charge is 2.39. The minimum atomic E-state index is -0.0192. The van der Waals surface area contributed by atoms with Crippen molar-refractivity contribution >= 4 is 17.2 Å². The Morgan fingerprint density at radius 3 is 2.60 bits per heavy atom. The van der Waals surface area contributed by atoms with Crippen LogP contribution >= 0.6 is 11.3 Å². The summed E-state index contributed by atoms with van der Waals surface area (Å²) in [7, 11) is 0. The Morgan fingerprint density at radius 1 is 1.30 bits per heavy atom. The Bertz CT molecular complexity index is 428. The molecule has 1 aliphatic rings. The van der Waals surface area contributed by atoms with Gasteiger partial charge in [-0.3, -0.25) is 10.1 Å². The number of amides is 1. The lowest BCUT2D eigenvalue weighted by molar-refractivity contribution is -0.130. The third-order valence-electron chi connectivity index (χ3n) is 3.72. The van der Waals surface area contributed by atoms with E-state index in [-0.39, 0.29) is 18.1 Å². The predicted molar refractivity (Wildman–Crippen MR) is 84.6 cm³/mol. The van der Waals surface area contributed by atoms with Crippen molar-refractivity contribution in [2.75, 3.05) is 6.54 Å². The Labute approximate surface area is 126 Å². The molecule has 1 aromatic rings. The van der Waals surface area contributed by atoms with Crippen molar-refractivity contribution in [2.24, 2.45) is 11.8 Å². The van der Waals surface area contributed by atoms with Crippen LogP contribution in [0.4, 0.5) is 0 Å². The zero-order valence-electron chi connectivity index (χ0n) is 12.9. The average molecular weight is 294 g/mol. The van der Waals surface area contributed by atoms with Gasteiger partial charge >= 0.3 is 0 Å². The van der Waals surface area contributed by atoms with Crippen LogP contribution in [0.15, 0.2) is 17.5 Å². The standard InChI is InChI=1S/C16H26N2OS/c1-11(2)7-8-18-15(14-6-5-9-20-14)17-13(16(18)19)10-12(3)4/h5-6,9,11-13,15,17H,7-8,10H2,1-4H3. The fraction of sp³-hybridized carbons (Fsp3) is 0.688. The molecule has 0 bridgehead atoms. The summed E-state index contributed by atoms with van der Waals surface area (Å²) < 4.78 is 0. The fourth-order valence-electron chi connectivity index (χ4n) is 2.64. The molecule has 1 fully saturated rings. The summed E-state index contributed by atoms with van der Waals surface area (Å²) in [4.78, 5) is 15.9. The molecular formula is C16H26N2OS. The third kappa shape index (κ3) is 3.61. The molecule has 1 amide bonds. The second-order valence-corrected chi connectivity index (χ2v) is 7.46. The molecule has 2 atom stereocenters. The first-order chi connectivity index (χ1) is 9.49. The monoisotopic (exact) mass is 294 g/mol. The highest BCUT2D eigenvalue weighted by molar-refractivity contribution is 7.10. The minimum absolute atomic E-state index is 0.0192. The van der Waals surface area contributed by atoms with Crippen LogP contribution in [0, 0.1) is 11.8 Å². The van der Waals surface area contributed by atoms with E-state index in [0.29, 0.717) is 11.8 Å². The van der Waals surface area contributed by atoms with Crippen molar-refractivity contribution in [1.82, 2.24) is 10.2 Å². The predicted octanol–water partition coefficient (Wildman–Crippen LogP) is 3.64. The van der Waals surface area contributed by atoms with Crippen LogP contribution in [-0.2, 0) is 4.79 Å². The fourth-order valence-corrected chi connectivity index (χ4v) is 3.43. The number of hydrogen-bond acceptors (Lipinski definition) is 3. The van der Waals surface area contributed by atoms with Crippen LogP contribution in [0.2, 0.25) is 0 Å². The molecule has 0 aromatic carbocycles. The zero-order chi connectivity index (χ0) is 14.7. The molecule has 0 saturated carbocycles. The molecule has 1 saturated heterocycles. The molecule has 4 heteroatoms. The van der Waals surface area contributed by atoms with Gasteiger partial charge in [0.25, 0.3) is 0 Å². The second kappa shape index (κ2) is 6.72. The largest absolute Gasteiger partial charge is 0.321 e. The Morgan fingerprint density at radius 2 is 2.05 bits per heavy atom. The molecule has 0 radical (unpaired) electrons. The van der Waals surface area contributed by atoms with Crippen molar-refractivity contribution in [3.63, 3.8) is 0 Å². The molecule has 2 rings (SSSR count). The van der Waals surface area contributed by atoms with Gasteiger partial charge in [-0.05, 0) is 36.1 Å².